The summed E-state index contributed by atoms with van der Waals surface area (Å²) in [5.41, 5.74) is 1.82. The van der Waals surface area contributed by atoms with Crippen molar-refractivity contribution in [2.24, 2.45) is 5.92 Å². The number of nitrogens with one attached hydrogen (secondary N) is 1. The van der Waals surface area contributed by atoms with Gasteiger partial charge in [-0.3, -0.25) is 14.2 Å². The topological polar surface area (TPSA) is 155 Å². The van der Waals surface area contributed by atoms with E-state index in [4.69, 9.17) is 14.1 Å². The van der Waals surface area contributed by atoms with Crippen LogP contribution in [0.1, 0.15) is 126 Å². The van der Waals surface area contributed by atoms with Crippen LogP contribution < -0.4 is 5.48 Å². The zero-order chi connectivity index (χ0) is 36.7. The number of rotatable bonds is 18. The third-order valence-electron chi connectivity index (χ3n) is 9.50. The van der Waals surface area contributed by atoms with Crippen molar-refractivity contribution in [1.82, 2.24) is 20.3 Å². The SMILES string of the molecule is CC(C)(C)OC(=O)N1CCC(CONC(=O)[C@@H]2CC[C@@H]3CN2C(=O)N3OS(=O)(=O)O)CC1.CCCC[N+](CCCC)(CCCC)CCCC. The Balaban J connectivity index is 0.000000417. The molecule has 3 heterocycles. The second kappa shape index (κ2) is 20.6. The standard InChI is InChI=1S/C18H30N4O9S.C16H36N/c1-18(2,3)30-17(25)20-8-6-12(7-9-20)11-29-19-15(23)14-5-4-13-10-21(14)16(24)22(13)31-32(26,27)28;1-5-9-13-17(14-10-6-2,15-11-7-3)16-12-8-4/h12-14H,4-11H2,1-3H3,(H,19,23)(H,26,27,28);5-16H2,1-4H3/q;+1/t13-,14+;/m1./s1. The molecule has 3 aliphatic rings. The van der Waals surface area contributed by atoms with Gasteiger partial charge in [0, 0.05) is 19.6 Å². The highest BCUT2D eigenvalue weighted by Crippen LogP contribution is 2.31. The van der Waals surface area contributed by atoms with Crippen LogP contribution in [0.2, 0.25) is 0 Å². The number of piperidine rings is 2. The highest BCUT2D eigenvalue weighted by molar-refractivity contribution is 7.80. The summed E-state index contributed by atoms with van der Waals surface area (Å²) in [6, 6.07) is -2.20. The first kappa shape index (κ1) is 43.0. The number of carbonyl (C=O) groups is 3. The maximum atomic E-state index is 12.5. The molecule has 3 aliphatic heterocycles. The maximum absolute atomic E-state index is 12.5. The summed E-state index contributed by atoms with van der Waals surface area (Å²) >= 11 is 0. The van der Waals surface area contributed by atoms with Gasteiger partial charge in [0.1, 0.15) is 11.6 Å². The quantitative estimate of drug-likeness (QED) is 0.103. The van der Waals surface area contributed by atoms with Gasteiger partial charge in [0.2, 0.25) is 0 Å². The molecule has 2 N–H and O–H groups in total. The van der Waals surface area contributed by atoms with Crippen molar-refractivity contribution in [2.45, 2.75) is 143 Å². The third kappa shape index (κ3) is 14.9. The number of hydrogen-bond acceptors (Lipinski definition) is 8. The predicted molar refractivity (Wildman–Crippen MR) is 187 cm³/mol. The summed E-state index contributed by atoms with van der Waals surface area (Å²) in [7, 11) is -4.84. The number of likely N-dealkylation sites (tertiary alicyclic amines) is 1. The summed E-state index contributed by atoms with van der Waals surface area (Å²) in [6.07, 6.45) is 12.7. The lowest BCUT2D eigenvalue weighted by atomic mass is 9.98. The van der Waals surface area contributed by atoms with Gasteiger partial charge in [0.25, 0.3) is 5.91 Å². The second-order valence-corrected chi connectivity index (χ2v) is 15.9. The fourth-order valence-corrected chi connectivity index (χ4v) is 7.04. The van der Waals surface area contributed by atoms with Crippen molar-refractivity contribution >= 4 is 28.4 Å². The molecule has 49 heavy (non-hydrogen) atoms. The number of carbonyl (C=O) groups excluding carboxylic acids is 3. The van der Waals surface area contributed by atoms with E-state index in [0.717, 1.165) is 0 Å². The molecule has 0 aromatic heterocycles. The largest absolute Gasteiger partial charge is 0.444 e. The van der Waals surface area contributed by atoms with Crippen LogP contribution in [-0.4, -0.2) is 120 Å². The first-order chi connectivity index (χ1) is 23.1. The third-order valence-corrected chi connectivity index (χ3v) is 9.85. The molecule has 3 saturated heterocycles. The molecular weight excluding hydrogens is 654 g/mol. The monoisotopic (exact) mass is 720 g/mol. The number of urea groups is 1. The highest BCUT2D eigenvalue weighted by atomic mass is 32.3. The van der Waals surface area contributed by atoms with Crippen molar-refractivity contribution in [2.75, 3.05) is 52.4 Å². The van der Waals surface area contributed by atoms with Crippen LogP contribution in [0.25, 0.3) is 0 Å². The lowest BCUT2D eigenvalue weighted by Gasteiger charge is -2.39. The van der Waals surface area contributed by atoms with Gasteiger partial charge in [0.15, 0.2) is 0 Å². The number of hydrogen-bond donors (Lipinski definition) is 2. The van der Waals surface area contributed by atoms with Crippen molar-refractivity contribution in [3.63, 3.8) is 0 Å². The van der Waals surface area contributed by atoms with Crippen molar-refractivity contribution < 1.29 is 45.7 Å². The number of ether oxygens (including phenoxy) is 1. The molecule has 0 aromatic rings. The van der Waals surface area contributed by atoms with Crippen LogP contribution in [0.5, 0.6) is 0 Å². The zero-order valence-corrected chi connectivity index (χ0v) is 32.1. The minimum Gasteiger partial charge on any atom is -0.444 e. The Kier molecular flexibility index (Phi) is 18.1. The van der Waals surface area contributed by atoms with Crippen LogP contribution in [0.3, 0.4) is 0 Å². The van der Waals surface area contributed by atoms with Gasteiger partial charge in [-0.25, -0.2) is 15.1 Å². The molecule has 0 spiro atoms. The number of quaternary nitrogens is 1. The lowest BCUT2D eigenvalue weighted by Crippen LogP contribution is -2.50. The smallest absolute Gasteiger partial charge is 0.418 e. The van der Waals surface area contributed by atoms with Crippen LogP contribution >= 0.6 is 0 Å². The summed E-state index contributed by atoms with van der Waals surface area (Å²) < 4.78 is 41.8. The van der Waals surface area contributed by atoms with Crippen molar-refractivity contribution in [3.8, 4) is 0 Å². The Morgan fingerprint density at radius 1 is 0.878 bits per heavy atom. The van der Waals surface area contributed by atoms with Gasteiger partial charge in [0.05, 0.1) is 38.8 Å². The van der Waals surface area contributed by atoms with E-state index in [-0.39, 0.29) is 25.2 Å². The van der Waals surface area contributed by atoms with Crippen LogP contribution in [0.15, 0.2) is 0 Å². The molecule has 14 nitrogen and oxygen atoms in total. The fourth-order valence-electron chi connectivity index (χ4n) is 6.66. The molecule has 0 saturated carbocycles. The van der Waals surface area contributed by atoms with E-state index in [1.165, 1.54) is 86.9 Å². The Morgan fingerprint density at radius 3 is 1.84 bits per heavy atom. The average molecular weight is 721 g/mol. The fraction of sp³-hybridized carbons (Fsp3) is 0.912. The Bertz CT molecular complexity index is 1090. The van der Waals surface area contributed by atoms with E-state index in [2.05, 4.69) is 37.5 Å². The van der Waals surface area contributed by atoms with E-state index in [9.17, 15) is 22.8 Å². The molecular formula is C34H66N5O9S+. The van der Waals surface area contributed by atoms with Crippen LogP contribution in [0.4, 0.5) is 9.59 Å². The molecule has 0 unspecified atom stereocenters. The van der Waals surface area contributed by atoms with Gasteiger partial charge in [-0.1, -0.05) is 53.4 Å². The number of fused-ring (bicyclic) bond motifs is 2. The molecule has 2 bridgehead atoms. The van der Waals surface area contributed by atoms with E-state index in [0.29, 0.717) is 43.8 Å². The molecule has 15 heteroatoms. The summed E-state index contributed by atoms with van der Waals surface area (Å²) in [4.78, 5) is 45.2. The Hall–Kier alpha value is -2.20. The molecule has 0 aliphatic carbocycles. The molecule has 286 valence electrons. The van der Waals surface area contributed by atoms with Crippen molar-refractivity contribution in [3.05, 3.63) is 0 Å². The minimum absolute atomic E-state index is 0.107. The van der Waals surface area contributed by atoms with Gasteiger partial charge in [-0.2, -0.15) is 13.5 Å². The van der Waals surface area contributed by atoms with Crippen LogP contribution in [-0.2, 0) is 29.1 Å². The number of unbranched alkanes of at least 4 members (excludes halogenated alkanes) is 4. The number of amides is 4. The van der Waals surface area contributed by atoms with E-state index >= 15 is 0 Å². The molecule has 3 fully saturated rings. The summed E-state index contributed by atoms with van der Waals surface area (Å²) in [6.45, 7) is 21.9. The molecule has 4 amide bonds. The van der Waals surface area contributed by atoms with Gasteiger partial charge in [-0.15, -0.1) is 4.28 Å². The minimum atomic E-state index is -4.84. The summed E-state index contributed by atoms with van der Waals surface area (Å²) in [5.74, 6) is -0.367. The van der Waals surface area contributed by atoms with Gasteiger partial charge >= 0.3 is 22.5 Å². The Labute approximate surface area is 295 Å². The molecule has 0 aromatic carbocycles. The average Bonchev–Trinajstić information content (AvgIpc) is 3.27. The van der Waals surface area contributed by atoms with Crippen molar-refractivity contribution in [1.29, 1.82) is 0 Å². The van der Waals surface area contributed by atoms with E-state index < -0.39 is 40.0 Å². The van der Waals surface area contributed by atoms with Gasteiger partial charge in [-0.05, 0) is 78.1 Å². The maximum Gasteiger partial charge on any atom is 0.418 e. The second-order valence-electron chi connectivity index (χ2n) is 14.8. The lowest BCUT2D eigenvalue weighted by molar-refractivity contribution is -0.929. The van der Waals surface area contributed by atoms with E-state index in [1.807, 2.05) is 20.8 Å². The number of nitrogens with zero attached hydrogens (tertiary/aromatic N) is 4. The first-order valence-electron chi connectivity index (χ1n) is 18.6. The van der Waals surface area contributed by atoms with Gasteiger partial charge < -0.3 is 19.0 Å². The highest BCUT2D eigenvalue weighted by Gasteiger charge is 2.49. The molecule has 0 radical (unpaired) electrons. The predicted octanol–water partition coefficient (Wildman–Crippen LogP) is 5.69. The first-order valence-corrected chi connectivity index (χ1v) is 20.0. The van der Waals surface area contributed by atoms with E-state index in [1.54, 1.807) is 4.90 Å². The zero-order valence-electron chi connectivity index (χ0n) is 31.3. The number of hydroxylamine groups is 3. The molecule has 2 atom stereocenters. The normalized spacial score (nSPS) is 20.2. The molecule has 3 rings (SSSR count). The van der Waals surface area contributed by atoms with Crippen LogP contribution in [0, 0.1) is 5.92 Å². The Morgan fingerprint density at radius 2 is 1.39 bits per heavy atom. The summed E-state index contributed by atoms with van der Waals surface area (Å²) in [5, 5.41) is 0.585.